The van der Waals surface area contributed by atoms with Crippen LogP contribution in [0.2, 0.25) is 15.1 Å². The van der Waals surface area contributed by atoms with Gasteiger partial charge in [-0.05, 0) is 165 Å². The summed E-state index contributed by atoms with van der Waals surface area (Å²) in [6.45, 7) is 14.6. The van der Waals surface area contributed by atoms with Crippen LogP contribution in [0.25, 0.3) is 67.9 Å². The molecule has 0 radical (unpaired) electrons. The zero-order valence-electron chi connectivity index (χ0n) is 82.6. The van der Waals surface area contributed by atoms with Crippen LogP contribution in [-0.2, 0) is 0 Å². The van der Waals surface area contributed by atoms with Crippen molar-refractivity contribution in [2.45, 2.75) is 94.8 Å². The average molecular weight is 2060 g/mol. The first-order valence-electron chi connectivity index (χ1n) is 49.8. The van der Waals surface area contributed by atoms with E-state index in [1.54, 1.807) is 73.6 Å². The summed E-state index contributed by atoms with van der Waals surface area (Å²) in [5.74, 6) is 4.77. The van der Waals surface area contributed by atoms with E-state index in [2.05, 4.69) is 104 Å². The number of carbonyl (C=O) groups is 6. The predicted molar refractivity (Wildman–Crippen MR) is 568 cm³/mol. The zero-order chi connectivity index (χ0) is 103. The minimum absolute atomic E-state index is 0.00439. The molecule has 150 heavy (non-hydrogen) atoms. The van der Waals surface area contributed by atoms with Crippen molar-refractivity contribution in [2.24, 2.45) is 0 Å². The summed E-state index contributed by atoms with van der Waals surface area (Å²) in [4.78, 5) is 110. The number of nitrogens with zero attached hydrogens (tertiary/aromatic N) is 17. The number of aromatic nitrogens is 11. The van der Waals surface area contributed by atoms with Crippen LogP contribution in [-0.4, -0.2) is 199 Å². The maximum Gasteiger partial charge on any atom is 0.259 e. The van der Waals surface area contributed by atoms with Crippen molar-refractivity contribution >= 4 is 70.2 Å². The lowest BCUT2D eigenvalue weighted by Crippen LogP contribution is -2.28. The second kappa shape index (κ2) is 48.3. The van der Waals surface area contributed by atoms with Gasteiger partial charge in [-0.25, -0.2) is 0 Å². The van der Waals surface area contributed by atoms with Gasteiger partial charge in [0, 0.05) is 224 Å². The number of rotatable bonds is 18. The summed E-state index contributed by atoms with van der Waals surface area (Å²) in [6.07, 6.45) is 32.8. The summed E-state index contributed by atoms with van der Waals surface area (Å²) >= 11 is 18.1. The fourth-order valence-electron chi connectivity index (χ4n) is 19.8. The standard InChI is InChI=1S/C21H20N2O2.2C20H19N3O2.3C19H16ClN3O2/c1-15-7-9-17(10-8-15)20-19(13-22-25-20)21(24)23-12-11-18(14-23)16-5-3-2-4-6-16;2*1-14-4-6-15(7-5-14)19-18(12-22-25-19)20(24)23-10-8-17(13-23)16-3-2-9-21-11-16;2*20-16-5-1-3-13(9-16)18-17(11-22-25-18)19(24)23-8-6-15(12-23)14-4-2-7-21-10-14;20-16-3-1-2-14(10-16)18-17(11-22-25-18)19(24)23-9-6-15(12-23)13-4-7-21-8-5-13/h2-10,13,18H,11-12,14H2,1H3;2*2-7,9,11-12,17H,8,10,13H2,1H3;2*1-5,7,9-11,15H,6,8,12H2;1-5,7-8,10-11,15H,6,9,12H2/t;2*17-;2*15-;/m.1010./s1. The maximum atomic E-state index is 13.0. The first-order valence-corrected chi connectivity index (χ1v) is 50.9. The zero-order valence-corrected chi connectivity index (χ0v) is 84.8. The third-order valence-electron chi connectivity index (χ3n) is 27.9. The highest BCUT2D eigenvalue weighted by atomic mass is 35.5. The van der Waals surface area contributed by atoms with Crippen LogP contribution in [0.5, 0.6) is 0 Å². The number of hydrogen-bond donors (Lipinski definition) is 0. The molecule has 0 saturated carbocycles. The molecule has 2 unspecified atom stereocenters. The van der Waals surface area contributed by atoms with Gasteiger partial charge in [-0.3, -0.25) is 53.7 Å². The Kier molecular flexibility index (Phi) is 32.8. The average Bonchev–Trinajstić information content (AvgIpc) is 1.68. The van der Waals surface area contributed by atoms with Gasteiger partial charge in [0.25, 0.3) is 35.4 Å². The highest BCUT2D eigenvalue weighted by Gasteiger charge is 2.39. The van der Waals surface area contributed by atoms with E-state index < -0.39 is 0 Å². The third kappa shape index (κ3) is 24.5. The Balaban J connectivity index is 0.000000113. The monoisotopic (exact) mass is 2060 g/mol. The molecule has 18 aromatic rings. The van der Waals surface area contributed by atoms with Crippen molar-refractivity contribution < 1.29 is 55.9 Å². The molecular weight excluding hydrogens is 1950 g/mol. The summed E-state index contributed by atoms with van der Waals surface area (Å²) in [5, 5.41) is 24.8. The lowest BCUT2D eigenvalue weighted by Gasteiger charge is -2.16. The minimum atomic E-state index is -0.0670. The van der Waals surface area contributed by atoms with Gasteiger partial charge in [0.2, 0.25) is 0 Å². The molecule has 0 spiro atoms. The number of amides is 6. The molecule has 756 valence electrons. The van der Waals surface area contributed by atoms with Crippen LogP contribution in [0.4, 0.5) is 0 Å². The number of hydrogen-bond acceptors (Lipinski definition) is 23. The van der Waals surface area contributed by atoms with Crippen LogP contribution in [0.3, 0.4) is 0 Å². The Morgan fingerprint density at radius 1 is 0.227 bits per heavy atom. The molecule has 6 amide bonds. The molecule has 32 heteroatoms. The van der Waals surface area contributed by atoms with Gasteiger partial charge in [0.15, 0.2) is 34.6 Å². The first-order chi connectivity index (χ1) is 73.3. The van der Waals surface area contributed by atoms with E-state index in [1.807, 2.05) is 227 Å². The van der Waals surface area contributed by atoms with Crippen molar-refractivity contribution in [2.75, 3.05) is 78.5 Å². The summed E-state index contributed by atoms with van der Waals surface area (Å²) in [6, 6.07) is 75.8. The number of halogens is 3. The molecule has 29 nitrogen and oxygen atoms in total. The molecule has 24 rings (SSSR count). The van der Waals surface area contributed by atoms with Gasteiger partial charge in [0.05, 0.1) is 37.2 Å². The van der Waals surface area contributed by atoms with Crippen molar-refractivity contribution in [3.63, 3.8) is 0 Å². The largest absolute Gasteiger partial charge is 0.355 e. The highest BCUT2D eigenvalue weighted by Crippen LogP contribution is 2.41. The van der Waals surface area contributed by atoms with Crippen LogP contribution < -0.4 is 0 Å². The molecule has 6 saturated heterocycles. The van der Waals surface area contributed by atoms with E-state index in [0.29, 0.717) is 171 Å². The number of carbonyl (C=O) groups excluding carboxylic acids is 6. The van der Waals surface area contributed by atoms with Gasteiger partial charge in [-0.15, -0.1) is 0 Å². The smallest absolute Gasteiger partial charge is 0.259 e. The molecular formula is C118H106Cl3N17O12. The fourth-order valence-corrected chi connectivity index (χ4v) is 20.3. The van der Waals surface area contributed by atoms with Crippen LogP contribution in [0, 0.1) is 20.8 Å². The van der Waals surface area contributed by atoms with Gasteiger partial charge in [-0.2, -0.15) is 0 Å². The van der Waals surface area contributed by atoms with Gasteiger partial charge < -0.3 is 56.5 Å². The van der Waals surface area contributed by atoms with Gasteiger partial charge in [-0.1, -0.05) is 246 Å². The molecule has 6 aliphatic heterocycles. The number of aryl methyl sites for hydroxylation is 3. The number of benzene rings is 7. The fraction of sp³-hybridized carbons (Fsp3) is 0.229. The van der Waals surface area contributed by atoms with E-state index in [0.717, 1.165) is 120 Å². The molecule has 7 aromatic carbocycles. The Labute approximate surface area is 881 Å². The van der Waals surface area contributed by atoms with E-state index in [-0.39, 0.29) is 35.4 Å². The lowest BCUT2D eigenvalue weighted by atomic mass is 9.99. The quantitative estimate of drug-likeness (QED) is 0.0770. The predicted octanol–water partition coefficient (Wildman–Crippen LogP) is 23.7. The normalized spacial score (nSPS) is 17.0. The van der Waals surface area contributed by atoms with E-state index in [1.165, 1.54) is 65.0 Å². The molecule has 0 N–H and O–H groups in total. The Morgan fingerprint density at radius 3 is 0.673 bits per heavy atom. The summed E-state index contributed by atoms with van der Waals surface area (Å²) in [7, 11) is 0. The number of pyridine rings is 5. The second-order valence-corrected chi connectivity index (χ2v) is 39.1. The Morgan fingerprint density at radius 2 is 0.447 bits per heavy atom. The van der Waals surface area contributed by atoms with Crippen LogP contribution in [0.1, 0.15) is 186 Å². The second-order valence-electron chi connectivity index (χ2n) is 37.8. The summed E-state index contributed by atoms with van der Waals surface area (Å²) in [5.41, 5.74) is 18.5. The summed E-state index contributed by atoms with van der Waals surface area (Å²) < 4.78 is 32.1. The lowest BCUT2D eigenvalue weighted by molar-refractivity contribution is 0.0783. The van der Waals surface area contributed by atoms with Gasteiger partial charge >= 0.3 is 0 Å². The van der Waals surface area contributed by atoms with Crippen molar-refractivity contribution in [3.05, 3.63) is 434 Å². The van der Waals surface area contributed by atoms with Crippen LogP contribution >= 0.6 is 34.8 Å². The molecule has 6 atom stereocenters. The third-order valence-corrected chi connectivity index (χ3v) is 28.6. The molecule has 6 fully saturated rings. The molecule has 17 heterocycles. The Hall–Kier alpha value is -16.8. The molecule has 0 bridgehead atoms. The van der Waals surface area contributed by atoms with Crippen molar-refractivity contribution in [3.8, 4) is 67.9 Å². The van der Waals surface area contributed by atoms with Crippen molar-refractivity contribution in [1.29, 1.82) is 0 Å². The minimum Gasteiger partial charge on any atom is -0.355 e. The molecule has 0 aliphatic carbocycles. The highest BCUT2D eigenvalue weighted by molar-refractivity contribution is 6.31. The number of likely N-dealkylation sites (tertiary alicyclic amines) is 6. The van der Waals surface area contributed by atoms with Crippen LogP contribution in [0.15, 0.2) is 363 Å². The topological polar surface area (TPSA) is 342 Å². The first kappa shape index (κ1) is 102. The van der Waals surface area contributed by atoms with Gasteiger partial charge in [0.1, 0.15) is 33.4 Å². The molecule has 11 aromatic heterocycles. The van der Waals surface area contributed by atoms with E-state index >= 15 is 0 Å². The molecule has 6 aliphatic rings. The van der Waals surface area contributed by atoms with E-state index in [4.69, 9.17) is 61.9 Å². The maximum absolute atomic E-state index is 13.0. The van der Waals surface area contributed by atoms with Crippen molar-refractivity contribution in [1.82, 2.24) is 85.3 Å². The van der Waals surface area contributed by atoms with E-state index in [9.17, 15) is 28.8 Å². The Bertz CT molecular complexity index is 6900. The SMILES string of the molecule is Cc1ccc(-c2oncc2C(=O)N2CCC(c3ccccc3)C2)cc1.Cc1ccc(-c2oncc2C(=O)N2CC[C@@H](c3cccnc3)C2)cc1.Cc1ccc(-c2oncc2C(=O)N2CC[C@H](c3cccnc3)C2)cc1.O=C(c1cnoc1-c1cccc(Cl)c1)N1CCC(c2ccncc2)C1.O=C(c1cnoc1-c1cccc(Cl)c1)N1CC[C@@H](c2cccnc2)C1.O=C(c1cnoc1-c1cccc(Cl)c1)N1CC[C@H](c2cccnc2)C1.